The molecule has 1 aliphatic heterocycles. The average molecular weight is 468 g/mol. The second kappa shape index (κ2) is 10.6. The number of carbonyl (C=O) groups excluding carboxylic acids is 1. The lowest BCUT2D eigenvalue weighted by Gasteiger charge is -2.20. The van der Waals surface area contributed by atoms with Crippen molar-refractivity contribution < 1.29 is 9.90 Å². The fraction of sp³-hybridized carbons (Fsp3) is 0.250. The highest BCUT2D eigenvalue weighted by molar-refractivity contribution is 5.94. The monoisotopic (exact) mass is 467 g/mol. The number of hydrogen-bond acceptors (Lipinski definition) is 5. The third kappa shape index (κ3) is 5.65. The first-order valence-corrected chi connectivity index (χ1v) is 12.0. The molecule has 5 rings (SSSR count). The standard InChI is InChI=1S/C28H29N5O2/c34-26(20-7-3-1-4-8-20)24-16-15-23(30-24)17-19-11-13-22(14-12-19)28(35)29-18-25-31-27(33-32-25)21-9-5-2-6-10-21/h1-14,23-24,26,30,34H,15-18H2,(H,29,35)(H,31,32,33)/t23-,24+,26+/m0/s1. The zero-order valence-corrected chi connectivity index (χ0v) is 19.4. The highest BCUT2D eigenvalue weighted by Gasteiger charge is 2.29. The first-order chi connectivity index (χ1) is 17.2. The number of aromatic amines is 1. The number of carbonyl (C=O) groups is 1. The van der Waals surface area contributed by atoms with Crippen molar-refractivity contribution in [2.24, 2.45) is 0 Å². The molecule has 0 saturated carbocycles. The number of nitrogens with zero attached hydrogens (tertiary/aromatic N) is 2. The molecule has 1 aliphatic rings. The summed E-state index contributed by atoms with van der Waals surface area (Å²) < 4.78 is 0. The Bertz CT molecular complexity index is 1240. The Balaban J connectivity index is 1.11. The van der Waals surface area contributed by atoms with E-state index >= 15 is 0 Å². The van der Waals surface area contributed by atoms with E-state index in [4.69, 9.17) is 0 Å². The normalized spacial score (nSPS) is 18.3. The van der Waals surface area contributed by atoms with Crippen molar-refractivity contribution in [3.8, 4) is 11.4 Å². The molecule has 0 spiro atoms. The number of aromatic nitrogens is 3. The second-order valence-corrected chi connectivity index (χ2v) is 8.96. The number of nitrogens with one attached hydrogen (secondary N) is 3. The smallest absolute Gasteiger partial charge is 0.251 e. The van der Waals surface area contributed by atoms with Crippen LogP contribution < -0.4 is 10.6 Å². The number of H-pyrrole nitrogens is 1. The van der Waals surface area contributed by atoms with Gasteiger partial charge in [0.1, 0.15) is 5.82 Å². The summed E-state index contributed by atoms with van der Waals surface area (Å²) >= 11 is 0. The van der Waals surface area contributed by atoms with Gasteiger partial charge in [-0.15, -0.1) is 0 Å². The van der Waals surface area contributed by atoms with E-state index in [0.29, 0.717) is 23.3 Å². The van der Waals surface area contributed by atoms with E-state index in [2.05, 4.69) is 25.8 Å². The summed E-state index contributed by atoms with van der Waals surface area (Å²) in [6.07, 6.45) is 2.31. The van der Waals surface area contributed by atoms with Crippen molar-refractivity contribution in [1.82, 2.24) is 25.8 Å². The average Bonchev–Trinajstić information content (AvgIpc) is 3.58. The molecule has 4 N–H and O–H groups in total. The van der Waals surface area contributed by atoms with Gasteiger partial charge in [0.25, 0.3) is 5.91 Å². The maximum Gasteiger partial charge on any atom is 0.251 e. The highest BCUT2D eigenvalue weighted by atomic mass is 16.3. The topological polar surface area (TPSA) is 103 Å². The molecule has 0 radical (unpaired) electrons. The van der Waals surface area contributed by atoms with Crippen LogP contribution in [0.1, 0.15) is 46.3 Å². The van der Waals surface area contributed by atoms with E-state index < -0.39 is 6.10 Å². The van der Waals surface area contributed by atoms with Crippen LogP contribution in [0.15, 0.2) is 84.9 Å². The van der Waals surface area contributed by atoms with Gasteiger partial charge < -0.3 is 15.7 Å². The minimum atomic E-state index is -0.500. The van der Waals surface area contributed by atoms with Gasteiger partial charge in [-0.1, -0.05) is 72.8 Å². The first kappa shape index (κ1) is 23.0. The Morgan fingerprint density at radius 3 is 2.43 bits per heavy atom. The van der Waals surface area contributed by atoms with Crippen molar-refractivity contribution in [2.75, 3.05) is 0 Å². The second-order valence-electron chi connectivity index (χ2n) is 8.96. The molecular formula is C28H29N5O2. The molecular weight excluding hydrogens is 438 g/mol. The third-order valence-electron chi connectivity index (χ3n) is 6.48. The predicted octanol–water partition coefficient (Wildman–Crippen LogP) is 3.80. The van der Waals surface area contributed by atoms with Crippen LogP contribution in [0.3, 0.4) is 0 Å². The fourth-order valence-corrected chi connectivity index (χ4v) is 4.58. The molecule has 7 nitrogen and oxygen atoms in total. The Labute approximate surface area is 204 Å². The molecule has 0 bridgehead atoms. The molecule has 2 heterocycles. The van der Waals surface area contributed by atoms with Crippen LogP contribution in [0, 0.1) is 0 Å². The van der Waals surface area contributed by atoms with Crippen molar-refractivity contribution in [1.29, 1.82) is 0 Å². The quantitative estimate of drug-likeness (QED) is 0.316. The van der Waals surface area contributed by atoms with Crippen molar-refractivity contribution >= 4 is 5.91 Å². The zero-order valence-electron chi connectivity index (χ0n) is 19.4. The summed E-state index contributed by atoms with van der Waals surface area (Å²) in [5.74, 6) is 1.06. The molecule has 1 fully saturated rings. The first-order valence-electron chi connectivity index (χ1n) is 12.0. The molecule has 7 heteroatoms. The predicted molar refractivity (Wildman–Crippen MR) is 134 cm³/mol. The summed E-state index contributed by atoms with van der Waals surface area (Å²) in [7, 11) is 0. The highest BCUT2D eigenvalue weighted by Crippen LogP contribution is 2.26. The van der Waals surface area contributed by atoms with Gasteiger partial charge in [0.15, 0.2) is 5.82 Å². The molecule has 178 valence electrons. The van der Waals surface area contributed by atoms with Crippen LogP contribution in [0.5, 0.6) is 0 Å². The van der Waals surface area contributed by atoms with Crippen LogP contribution in [0.2, 0.25) is 0 Å². The van der Waals surface area contributed by atoms with E-state index in [9.17, 15) is 9.90 Å². The van der Waals surface area contributed by atoms with E-state index in [1.807, 2.05) is 84.9 Å². The number of rotatable bonds is 8. The van der Waals surface area contributed by atoms with Gasteiger partial charge >= 0.3 is 0 Å². The summed E-state index contributed by atoms with van der Waals surface area (Å²) in [4.78, 5) is 17.0. The van der Waals surface area contributed by atoms with Crippen LogP contribution in [-0.4, -0.2) is 38.3 Å². The SMILES string of the molecule is O=C(NCc1nc(-c2ccccc2)n[nH]1)c1ccc(C[C@@H]2CC[C@H]([C@H](O)c3ccccc3)N2)cc1. The van der Waals surface area contributed by atoms with Gasteiger partial charge in [0.05, 0.1) is 12.6 Å². The summed E-state index contributed by atoms with van der Waals surface area (Å²) in [5, 5.41) is 24.3. The molecule has 0 aliphatic carbocycles. The van der Waals surface area contributed by atoms with Gasteiger partial charge in [0.2, 0.25) is 0 Å². The molecule has 0 unspecified atom stereocenters. The lowest BCUT2D eigenvalue weighted by Crippen LogP contribution is -2.35. The maximum atomic E-state index is 12.6. The number of amides is 1. The van der Waals surface area contributed by atoms with Crippen molar-refractivity contribution in [2.45, 2.75) is 44.0 Å². The molecule has 3 atom stereocenters. The number of aliphatic hydroxyl groups is 1. The van der Waals surface area contributed by atoms with E-state index in [1.165, 1.54) is 0 Å². The summed E-state index contributed by atoms with van der Waals surface area (Å²) in [5.41, 5.74) is 3.64. The zero-order chi connectivity index (χ0) is 24.0. The largest absolute Gasteiger partial charge is 0.387 e. The van der Waals surface area contributed by atoms with Crippen LogP contribution in [-0.2, 0) is 13.0 Å². The van der Waals surface area contributed by atoms with E-state index in [0.717, 1.165) is 36.0 Å². The number of benzene rings is 3. The molecule has 35 heavy (non-hydrogen) atoms. The minimum absolute atomic E-state index is 0.0611. The third-order valence-corrected chi connectivity index (χ3v) is 6.48. The molecule has 1 amide bonds. The van der Waals surface area contributed by atoms with Gasteiger partial charge in [-0.3, -0.25) is 9.89 Å². The van der Waals surface area contributed by atoms with Crippen LogP contribution in [0.4, 0.5) is 0 Å². The molecule has 1 saturated heterocycles. The van der Waals surface area contributed by atoms with Gasteiger partial charge in [-0.25, -0.2) is 4.98 Å². The van der Waals surface area contributed by atoms with Crippen LogP contribution in [0.25, 0.3) is 11.4 Å². The Kier molecular flexibility index (Phi) is 6.97. The summed E-state index contributed by atoms with van der Waals surface area (Å²) in [6.45, 7) is 0.275. The molecule has 1 aromatic heterocycles. The van der Waals surface area contributed by atoms with Crippen molar-refractivity contribution in [3.63, 3.8) is 0 Å². The van der Waals surface area contributed by atoms with Gasteiger partial charge in [-0.05, 0) is 42.5 Å². The Hall–Kier alpha value is -3.81. The fourth-order valence-electron chi connectivity index (χ4n) is 4.58. The molecule has 3 aromatic carbocycles. The maximum absolute atomic E-state index is 12.6. The number of hydrogen-bond donors (Lipinski definition) is 4. The lowest BCUT2D eigenvalue weighted by atomic mass is 10.0. The van der Waals surface area contributed by atoms with Gasteiger partial charge in [-0.2, -0.15) is 5.10 Å². The lowest BCUT2D eigenvalue weighted by molar-refractivity contribution is 0.0950. The molecule has 4 aromatic rings. The van der Waals surface area contributed by atoms with E-state index in [-0.39, 0.29) is 18.5 Å². The number of aliphatic hydroxyl groups excluding tert-OH is 1. The van der Waals surface area contributed by atoms with E-state index in [1.54, 1.807) is 0 Å². The Morgan fingerprint density at radius 2 is 1.69 bits per heavy atom. The van der Waals surface area contributed by atoms with Gasteiger partial charge in [0, 0.05) is 23.2 Å². The van der Waals surface area contributed by atoms with Crippen molar-refractivity contribution in [3.05, 3.63) is 107 Å². The van der Waals surface area contributed by atoms with Crippen LogP contribution >= 0.6 is 0 Å². The Morgan fingerprint density at radius 1 is 0.971 bits per heavy atom. The summed E-state index contributed by atoms with van der Waals surface area (Å²) in [6, 6.07) is 27.6. The minimum Gasteiger partial charge on any atom is -0.387 e.